The number of nitrogens with two attached hydrogens (primary N) is 1. The lowest BCUT2D eigenvalue weighted by Crippen LogP contribution is -2.42. The number of carbonyl (C=O) groups excluding carboxylic acids is 5. The summed E-state index contributed by atoms with van der Waals surface area (Å²) >= 11 is 0. The van der Waals surface area contributed by atoms with E-state index in [1.54, 1.807) is 36.5 Å². The average Bonchev–Trinajstić information content (AvgIpc) is 3.57. The van der Waals surface area contributed by atoms with Crippen molar-refractivity contribution >= 4 is 35.9 Å². The zero-order chi connectivity index (χ0) is 37.3. The number of likely N-dealkylation sites (tertiary alicyclic amines) is 1. The van der Waals surface area contributed by atoms with Gasteiger partial charge in [-0.3, -0.25) is 9.59 Å². The Morgan fingerprint density at radius 2 is 1.56 bits per heavy atom. The van der Waals surface area contributed by atoms with E-state index < -0.39 is 36.2 Å². The second-order valence-corrected chi connectivity index (χ2v) is 11.5. The molecule has 0 spiro atoms. The number of amides is 3. The molecule has 2 atom stereocenters. The molecule has 14 nitrogen and oxygen atoms in total. The Morgan fingerprint density at radius 1 is 0.865 bits per heavy atom. The molecule has 2 aromatic carbocycles. The summed E-state index contributed by atoms with van der Waals surface area (Å²) in [7, 11) is 2.53. The molecule has 2 heterocycles. The molecule has 0 bridgehead atoms. The van der Waals surface area contributed by atoms with Gasteiger partial charge in [-0.2, -0.15) is 0 Å². The van der Waals surface area contributed by atoms with Gasteiger partial charge in [0.25, 0.3) is 0 Å². The second-order valence-electron chi connectivity index (χ2n) is 11.5. The van der Waals surface area contributed by atoms with E-state index >= 15 is 0 Å². The van der Waals surface area contributed by atoms with E-state index in [-0.39, 0.29) is 51.5 Å². The molecule has 2 unspecified atom stereocenters. The summed E-state index contributed by atoms with van der Waals surface area (Å²) in [5.41, 5.74) is 8.89. The Morgan fingerprint density at radius 3 is 2.19 bits per heavy atom. The predicted octanol–water partition coefficient (Wildman–Crippen LogP) is 2.51. The Kier molecular flexibility index (Phi) is 14.4. The molecule has 0 aliphatic carbocycles. The monoisotopic (exact) mass is 709 g/mol. The van der Waals surface area contributed by atoms with Crippen LogP contribution in [-0.2, 0) is 52.7 Å². The van der Waals surface area contributed by atoms with Gasteiger partial charge >= 0.3 is 24.1 Å². The summed E-state index contributed by atoms with van der Waals surface area (Å²) in [5.74, 6) is 10.4. The number of aromatic nitrogens is 1. The van der Waals surface area contributed by atoms with Crippen molar-refractivity contribution in [2.45, 2.75) is 44.3 Å². The molecule has 4 rings (SSSR count). The van der Waals surface area contributed by atoms with E-state index in [0.29, 0.717) is 28.9 Å². The lowest BCUT2D eigenvalue weighted by atomic mass is 10.0. The summed E-state index contributed by atoms with van der Waals surface area (Å²) in [6.45, 7) is -0.134. The third kappa shape index (κ3) is 12.4. The number of aryl methyl sites for hydroxylation is 1. The standard InChI is InChI=1S/C38H39N5O9/c1-49-35(45)21-30-19-27(10-6-16-51-37(47)41-24-29-12-14-33(39)40-23-29)18-28(20-30)11-7-17-52-38(48)42-31-22-32(36(46)50-2)43(25-31)34(44)15-13-26-8-4-3-5-9-26/h3-5,8-9,12,14,18-20,23,31-32H,13,15-17,21-22,24-25H2,1-2H3,(H2,39,40)(H,41,47)(H,42,48). The first-order chi connectivity index (χ1) is 25.1. The van der Waals surface area contributed by atoms with Gasteiger partial charge in [-0.25, -0.2) is 19.4 Å². The number of carbonyl (C=O) groups is 5. The lowest BCUT2D eigenvalue weighted by molar-refractivity contribution is -0.150. The van der Waals surface area contributed by atoms with Crippen molar-refractivity contribution in [2.24, 2.45) is 0 Å². The number of nitrogens with zero attached hydrogens (tertiary/aromatic N) is 2. The molecular weight excluding hydrogens is 670 g/mol. The zero-order valence-corrected chi connectivity index (χ0v) is 28.8. The van der Waals surface area contributed by atoms with Crippen LogP contribution in [0.25, 0.3) is 0 Å². The maximum Gasteiger partial charge on any atom is 0.408 e. The molecule has 0 radical (unpaired) electrons. The van der Waals surface area contributed by atoms with Gasteiger partial charge in [-0.1, -0.05) is 60.1 Å². The number of hydrogen-bond acceptors (Lipinski definition) is 11. The topological polar surface area (TPSA) is 188 Å². The minimum absolute atomic E-state index is 0.0295. The quantitative estimate of drug-likeness (QED) is 0.151. The minimum atomic E-state index is -0.824. The first-order valence-corrected chi connectivity index (χ1v) is 16.3. The molecule has 52 heavy (non-hydrogen) atoms. The van der Waals surface area contributed by atoms with Crippen molar-refractivity contribution in [2.75, 3.05) is 39.7 Å². The molecule has 0 saturated carbocycles. The third-order valence-corrected chi connectivity index (χ3v) is 7.76. The van der Waals surface area contributed by atoms with Gasteiger partial charge in [0.2, 0.25) is 5.91 Å². The van der Waals surface area contributed by atoms with Crippen molar-refractivity contribution in [1.29, 1.82) is 0 Å². The van der Waals surface area contributed by atoms with E-state index in [4.69, 9.17) is 24.7 Å². The SMILES string of the molecule is COC(=O)Cc1cc(C#CCOC(=O)NCc2ccc(N)nc2)cc(C#CCOC(=O)NC2CC(C(=O)OC)N(C(=O)CCc3ccccc3)C2)c1. The van der Waals surface area contributed by atoms with Crippen molar-refractivity contribution in [1.82, 2.24) is 20.5 Å². The number of nitrogens with one attached hydrogen (secondary N) is 2. The number of nitrogen functional groups attached to an aromatic ring is 1. The summed E-state index contributed by atoms with van der Waals surface area (Å²) in [5, 5.41) is 5.29. The van der Waals surface area contributed by atoms with Gasteiger partial charge in [-0.15, -0.1) is 0 Å². The van der Waals surface area contributed by atoms with Crippen molar-refractivity contribution in [3.8, 4) is 23.7 Å². The fourth-order valence-corrected chi connectivity index (χ4v) is 5.25. The first-order valence-electron chi connectivity index (χ1n) is 16.3. The number of anilines is 1. The van der Waals surface area contributed by atoms with E-state index in [0.717, 1.165) is 11.1 Å². The maximum absolute atomic E-state index is 13.0. The minimum Gasteiger partial charge on any atom is -0.469 e. The van der Waals surface area contributed by atoms with E-state index in [1.807, 2.05) is 30.3 Å². The average molecular weight is 710 g/mol. The molecule has 1 aliphatic heterocycles. The van der Waals surface area contributed by atoms with Crippen molar-refractivity contribution < 1.29 is 42.9 Å². The molecule has 14 heteroatoms. The fourth-order valence-electron chi connectivity index (χ4n) is 5.25. The van der Waals surface area contributed by atoms with Crippen LogP contribution in [0.2, 0.25) is 0 Å². The summed E-state index contributed by atoms with van der Waals surface area (Å²) < 4.78 is 20.0. The summed E-state index contributed by atoms with van der Waals surface area (Å²) in [4.78, 5) is 67.4. The number of pyridine rings is 1. The summed E-state index contributed by atoms with van der Waals surface area (Å²) in [6.07, 6.45) is 0.984. The van der Waals surface area contributed by atoms with Crippen LogP contribution in [-0.4, -0.2) is 86.0 Å². The molecule has 3 amide bonds. The highest BCUT2D eigenvalue weighted by Crippen LogP contribution is 2.21. The molecular formula is C38H39N5O9. The van der Waals surface area contributed by atoms with Crippen LogP contribution in [0, 0.1) is 23.7 Å². The van der Waals surface area contributed by atoms with Gasteiger partial charge in [0.05, 0.1) is 26.7 Å². The Bertz CT molecular complexity index is 1860. The Balaban J connectivity index is 1.29. The van der Waals surface area contributed by atoms with Gasteiger partial charge in [-0.05, 0) is 47.4 Å². The van der Waals surface area contributed by atoms with E-state index in [1.165, 1.54) is 19.1 Å². The van der Waals surface area contributed by atoms with Crippen molar-refractivity contribution in [3.05, 3.63) is 94.7 Å². The molecule has 1 aromatic heterocycles. The normalized spacial score (nSPS) is 14.4. The van der Waals surface area contributed by atoms with Crippen LogP contribution in [0.3, 0.4) is 0 Å². The molecule has 4 N–H and O–H groups in total. The van der Waals surface area contributed by atoms with Crippen molar-refractivity contribution in [3.63, 3.8) is 0 Å². The van der Waals surface area contributed by atoms with Crippen LogP contribution in [0.15, 0.2) is 66.9 Å². The highest BCUT2D eigenvalue weighted by Gasteiger charge is 2.40. The number of methoxy groups -OCH3 is 2. The van der Waals surface area contributed by atoms with E-state index in [9.17, 15) is 24.0 Å². The number of alkyl carbamates (subject to hydrolysis) is 2. The number of ether oxygens (including phenoxy) is 4. The smallest absolute Gasteiger partial charge is 0.408 e. The van der Waals surface area contributed by atoms with Crippen LogP contribution in [0.4, 0.5) is 15.4 Å². The highest BCUT2D eigenvalue weighted by molar-refractivity contribution is 5.85. The lowest BCUT2D eigenvalue weighted by Gasteiger charge is -2.22. The fraction of sp³-hybridized carbons (Fsp3) is 0.316. The zero-order valence-electron chi connectivity index (χ0n) is 28.8. The van der Waals surface area contributed by atoms with E-state index in [2.05, 4.69) is 39.3 Å². The largest absolute Gasteiger partial charge is 0.469 e. The molecule has 3 aromatic rings. The Labute approximate surface area is 301 Å². The maximum atomic E-state index is 13.0. The van der Waals surface area contributed by atoms with Crippen LogP contribution in [0.5, 0.6) is 0 Å². The van der Waals surface area contributed by atoms with Gasteiger partial charge < -0.3 is 40.2 Å². The molecule has 1 aliphatic rings. The first kappa shape index (κ1) is 38.3. The second kappa shape index (κ2) is 19.6. The third-order valence-electron chi connectivity index (χ3n) is 7.76. The van der Waals surface area contributed by atoms with Gasteiger partial charge in [0.1, 0.15) is 11.9 Å². The summed E-state index contributed by atoms with van der Waals surface area (Å²) in [6, 6.07) is 16.6. The van der Waals surface area contributed by atoms with Gasteiger partial charge in [0, 0.05) is 43.3 Å². The number of benzene rings is 2. The van der Waals surface area contributed by atoms with Crippen LogP contribution >= 0.6 is 0 Å². The number of rotatable bonds is 11. The van der Waals surface area contributed by atoms with Gasteiger partial charge in [0.15, 0.2) is 13.2 Å². The highest BCUT2D eigenvalue weighted by atomic mass is 16.6. The molecule has 270 valence electrons. The number of hydrogen-bond donors (Lipinski definition) is 3. The van der Waals surface area contributed by atoms with Crippen LogP contribution in [0.1, 0.15) is 40.7 Å². The molecule has 1 saturated heterocycles. The number of esters is 2. The van der Waals surface area contributed by atoms with Crippen LogP contribution < -0.4 is 16.4 Å². The Hall–Kier alpha value is -6.54. The molecule has 1 fully saturated rings. The predicted molar refractivity (Wildman–Crippen MR) is 188 cm³/mol.